The molecule has 1 saturated carbocycles. The number of hydrogen-bond acceptors (Lipinski definition) is 6. The molecule has 0 radical (unpaired) electrons. The molecule has 0 bridgehead atoms. The van der Waals surface area contributed by atoms with E-state index in [1.807, 2.05) is 82.8 Å². The molecule has 1 aliphatic carbocycles. The zero-order chi connectivity index (χ0) is 32.5. The van der Waals surface area contributed by atoms with Crippen molar-refractivity contribution in [1.29, 1.82) is 0 Å². The minimum atomic E-state index is -0.187. The number of amides is 1. The summed E-state index contributed by atoms with van der Waals surface area (Å²) in [6, 6.07) is 34.3. The zero-order valence-electron chi connectivity index (χ0n) is 27.3. The molecule has 0 spiro atoms. The van der Waals surface area contributed by atoms with Crippen LogP contribution in [0.5, 0.6) is 0 Å². The predicted octanol–water partition coefficient (Wildman–Crippen LogP) is 8.58. The Morgan fingerprint density at radius 2 is 1.47 bits per heavy atom. The van der Waals surface area contributed by atoms with Crippen LogP contribution in [0.1, 0.15) is 46.8 Å². The number of hydrogen-bond donors (Lipinski definition) is 0. The van der Waals surface area contributed by atoms with Crippen molar-refractivity contribution in [2.75, 3.05) is 38.0 Å². The van der Waals surface area contributed by atoms with Gasteiger partial charge in [0.25, 0.3) is 5.91 Å². The number of aromatic nitrogens is 1. The summed E-state index contributed by atoms with van der Waals surface area (Å²) in [7, 11) is 8.17. The number of fused-ring (bicyclic) bond motifs is 1. The highest BCUT2D eigenvalue weighted by Gasteiger charge is 2.44. The summed E-state index contributed by atoms with van der Waals surface area (Å²) in [5, 5.41) is 6.85. The summed E-state index contributed by atoms with van der Waals surface area (Å²) >= 11 is 0. The first-order chi connectivity index (χ1) is 22.9. The van der Waals surface area contributed by atoms with Crippen molar-refractivity contribution in [3.05, 3.63) is 132 Å². The van der Waals surface area contributed by atoms with Crippen molar-refractivity contribution < 1.29 is 9.21 Å². The minimum Gasteiger partial charge on any atom is -0.436 e. The van der Waals surface area contributed by atoms with Crippen molar-refractivity contribution in [1.82, 2.24) is 9.99 Å². The molecule has 1 aliphatic heterocycles. The molecule has 47 heavy (non-hydrogen) atoms. The Hall–Kier alpha value is -5.43. The third-order valence-corrected chi connectivity index (χ3v) is 9.15. The summed E-state index contributed by atoms with van der Waals surface area (Å²) in [5.41, 5.74) is 9.10. The van der Waals surface area contributed by atoms with Gasteiger partial charge in [-0.1, -0.05) is 54.6 Å². The van der Waals surface area contributed by atoms with Gasteiger partial charge >= 0.3 is 0 Å². The summed E-state index contributed by atoms with van der Waals surface area (Å²) < 4.78 is 6.06. The van der Waals surface area contributed by atoms with E-state index in [1.54, 1.807) is 11.2 Å². The number of rotatable bonds is 7. The van der Waals surface area contributed by atoms with Gasteiger partial charge in [-0.05, 0) is 90.6 Å². The van der Waals surface area contributed by atoms with Gasteiger partial charge in [-0.25, -0.2) is 9.99 Å². The maximum Gasteiger partial charge on any atom is 0.274 e. The quantitative estimate of drug-likeness (QED) is 0.182. The molecule has 2 aliphatic rings. The Morgan fingerprint density at radius 1 is 0.809 bits per heavy atom. The van der Waals surface area contributed by atoms with E-state index < -0.39 is 0 Å². The predicted molar refractivity (Wildman–Crippen MR) is 191 cm³/mol. The number of benzene rings is 4. The van der Waals surface area contributed by atoms with E-state index in [1.165, 1.54) is 5.57 Å². The lowest BCUT2D eigenvalue weighted by Crippen LogP contribution is -2.32. The smallest absolute Gasteiger partial charge is 0.274 e. The zero-order valence-corrected chi connectivity index (χ0v) is 27.3. The van der Waals surface area contributed by atoms with E-state index in [0.717, 1.165) is 58.6 Å². The number of allylic oxidation sites excluding steroid dienone is 1. The molecule has 7 nitrogen and oxygen atoms in total. The highest BCUT2D eigenvalue weighted by molar-refractivity contribution is 6.09. The summed E-state index contributed by atoms with van der Waals surface area (Å²) in [6.07, 6.45) is 6.95. The molecule has 2 heterocycles. The Bertz CT molecular complexity index is 1920. The van der Waals surface area contributed by atoms with Crippen LogP contribution in [-0.2, 0) is 0 Å². The molecule has 1 aromatic heterocycles. The van der Waals surface area contributed by atoms with Crippen LogP contribution in [0, 0.1) is 5.92 Å². The Balaban J connectivity index is 1.21. The lowest BCUT2D eigenvalue weighted by Gasteiger charge is -2.30. The van der Waals surface area contributed by atoms with Crippen molar-refractivity contribution in [2.45, 2.75) is 25.3 Å². The molecule has 0 unspecified atom stereocenters. The second-order valence-corrected chi connectivity index (χ2v) is 12.7. The number of nitrogens with zero attached hydrogens (tertiary/aromatic N) is 5. The van der Waals surface area contributed by atoms with E-state index in [-0.39, 0.29) is 17.9 Å². The molecule has 236 valence electrons. The maximum atomic E-state index is 14.3. The van der Waals surface area contributed by atoms with Crippen LogP contribution in [0.4, 0.5) is 11.4 Å². The summed E-state index contributed by atoms with van der Waals surface area (Å²) in [4.78, 5) is 23.0. The summed E-state index contributed by atoms with van der Waals surface area (Å²) in [5.74, 6) is 1.22. The van der Waals surface area contributed by atoms with Crippen molar-refractivity contribution >= 4 is 29.1 Å². The third kappa shape index (κ3) is 6.09. The third-order valence-electron chi connectivity index (χ3n) is 9.15. The number of anilines is 2. The molecular weight excluding hydrogens is 582 g/mol. The molecular formula is C40H39N5O2. The second kappa shape index (κ2) is 12.8. The number of hydrazone groups is 1. The van der Waals surface area contributed by atoms with Crippen LogP contribution in [0.3, 0.4) is 0 Å². The molecule has 5 aromatic rings. The number of carbonyl (C=O) groups is 1. The van der Waals surface area contributed by atoms with Gasteiger partial charge in [-0.15, -0.1) is 0 Å². The van der Waals surface area contributed by atoms with Gasteiger partial charge in [0.1, 0.15) is 0 Å². The first-order valence-electron chi connectivity index (χ1n) is 16.1. The molecule has 0 N–H and O–H groups in total. The van der Waals surface area contributed by atoms with Crippen LogP contribution in [0.2, 0.25) is 0 Å². The van der Waals surface area contributed by atoms with Gasteiger partial charge in [0, 0.05) is 62.2 Å². The van der Waals surface area contributed by atoms with Crippen LogP contribution < -0.4 is 9.80 Å². The van der Waals surface area contributed by atoms with Crippen LogP contribution in [0.25, 0.3) is 28.9 Å². The lowest BCUT2D eigenvalue weighted by molar-refractivity contribution is 0.0681. The highest BCUT2D eigenvalue weighted by Crippen LogP contribution is 2.45. The average molecular weight is 622 g/mol. The van der Waals surface area contributed by atoms with Crippen LogP contribution >= 0.6 is 0 Å². The number of oxazole rings is 1. The van der Waals surface area contributed by atoms with Crippen molar-refractivity contribution in [3.8, 4) is 22.8 Å². The normalized spacial score (nSPS) is 18.2. The van der Waals surface area contributed by atoms with Gasteiger partial charge < -0.3 is 14.2 Å². The molecule has 2 atom stereocenters. The van der Waals surface area contributed by atoms with Gasteiger partial charge in [-0.2, -0.15) is 5.10 Å². The molecule has 1 amide bonds. The molecule has 7 rings (SSSR count). The fourth-order valence-electron chi connectivity index (χ4n) is 6.57. The summed E-state index contributed by atoms with van der Waals surface area (Å²) in [6.45, 7) is 0. The average Bonchev–Trinajstić information content (AvgIpc) is 3.75. The van der Waals surface area contributed by atoms with E-state index in [0.29, 0.717) is 17.2 Å². The Kier molecular flexibility index (Phi) is 8.21. The maximum absolute atomic E-state index is 14.3. The molecule has 4 aromatic carbocycles. The SMILES string of the molecule is CN(C)c1ccc(/C=C2/CCC[C@@H]3C2=NN(C(=O)c2ccc(-c4ncc(-c5ccccc5)o4)cc2)[C@@H]3c2ccc(N(C)C)cc2)cc1. The van der Waals surface area contributed by atoms with Crippen LogP contribution in [-0.4, -0.2) is 49.8 Å². The van der Waals surface area contributed by atoms with E-state index in [2.05, 4.69) is 69.4 Å². The van der Waals surface area contributed by atoms with Gasteiger partial charge in [0.2, 0.25) is 5.89 Å². The van der Waals surface area contributed by atoms with Crippen LogP contribution in [0.15, 0.2) is 124 Å². The van der Waals surface area contributed by atoms with E-state index in [9.17, 15) is 4.79 Å². The van der Waals surface area contributed by atoms with E-state index >= 15 is 0 Å². The molecule has 0 saturated heterocycles. The largest absolute Gasteiger partial charge is 0.436 e. The van der Waals surface area contributed by atoms with Gasteiger partial charge in [0.05, 0.1) is 18.0 Å². The first kappa shape index (κ1) is 30.2. The van der Waals surface area contributed by atoms with E-state index in [4.69, 9.17) is 9.52 Å². The lowest BCUT2D eigenvalue weighted by atomic mass is 9.77. The molecule has 7 heteroatoms. The Morgan fingerprint density at radius 3 is 2.13 bits per heavy atom. The standard InChI is InChI=1S/C40H39N5O2/c1-43(2)33-21-13-27(14-22-33)25-32-11-8-12-35-37(32)42-45(38(35)29-19-23-34(24-20-29)44(3)4)40(46)31-17-15-30(16-18-31)39-41-26-36(47-39)28-9-6-5-7-10-28/h5-7,9-10,13-26,35,38H,8,11-12H2,1-4H3/b32-25-/t35-,38-/m1/s1. The fraction of sp³-hybridized carbons (Fsp3) is 0.225. The monoisotopic (exact) mass is 621 g/mol. The highest BCUT2D eigenvalue weighted by atomic mass is 16.4. The fourth-order valence-corrected chi connectivity index (χ4v) is 6.57. The topological polar surface area (TPSA) is 65.2 Å². The van der Waals surface area contributed by atoms with Crippen molar-refractivity contribution in [3.63, 3.8) is 0 Å². The second-order valence-electron chi connectivity index (χ2n) is 12.7. The molecule has 1 fully saturated rings. The van der Waals surface area contributed by atoms with Gasteiger partial charge in [0.15, 0.2) is 5.76 Å². The first-order valence-corrected chi connectivity index (χ1v) is 16.1. The van der Waals surface area contributed by atoms with Gasteiger partial charge in [-0.3, -0.25) is 4.79 Å². The van der Waals surface area contributed by atoms with Crippen molar-refractivity contribution in [2.24, 2.45) is 11.0 Å². The minimum absolute atomic E-state index is 0.118. The Labute approximate surface area is 276 Å². The number of carbonyl (C=O) groups excluding carboxylic acids is 1.